The van der Waals surface area contributed by atoms with Gasteiger partial charge in [0.25, 0.3) is 0 Å². The molecule has 1 aromatic carbocycles. The predicted octanol–water partition coefficient (Wildman–Crippen LogP) is 3.66. The summed E-state index contributed by atoms with van der Waals surface area (Å²) in [5, 5.41) is 0. The van der Waals surface area contributed by atoms with Crippen LogP contribution < -0.4 is 0 Å². The average Bonchev–Trinajstić information content (AvgIpc) is 2.54. The quantitative estimate of drug-likeness (QED) is 0.611. The van der Waals surface area contributed by atoms with Crippen molar-refractivity contribution in [2.45, 2.75) is 38.7 Å². The smallest absolute Gasteiger partial charge is 0.187 e. The van der Waals surface area contributed by atoms with E-state index in [9.17, 15) is 4.79 Å². The number of benzene rings is 1. The summed E-state index contributed by atoms with van der Waals surface area (Å²) < 4.78 is 5.63. The van der Waals surface area contributed by atoms with Crippen LogP contribution in [-0.4, -0.2) is 36.5 Å². The summed E-state index contributed by atoms with van der Waals surface area (Å²) in [4.78, 5) is 14.8. The highest BCUT2D eigenvalue weighted by molar-refractivity contribution is 6.04. The topological polar surface area (TPSA) is 29.5 Å². The minimum Gasteiger partial charge on any atom is -0.373 e. The normalized spacial score (nSPS) is 16.9. The molecule has 0 amide bonds. The largest absolute Gasteiger partial charge is 0.373 e. The highest BCUT2D eigenvalue weighted by Gasteiger charge is 2.29. The molecule has 0 spiro atoms. The molecule has 114 valence electrons. The molecule has 1 fully saturated rings. The van der Waals surface area contributed by atoms with E-state index >= 15 is 0 Å². The molecule has 1 heterocycles. The van der Waals surface area contributed by atoms with E-state index in [-0.39, 0.29) is 5.78 Å². The number of allylic oxidation sites excluding steroid dienone is 1. The van der Waals surface area contributed by atoms with Crippen molar-refractivity contribution in [1.82, 2.24) is 4.90 Å². The molecule has 3 nitrogen and oxygen atoms in total. The van der Waals surface area contributed by atoms with E-state index in [1.54, 1.807) is 13.2 Å². The molecule has 0 atom stereocenters. The van der Waals surface area contributed by atoms with Gasteiger partial charge in [-0.1, -0.05) is 30.3 Å². The Labute approximate surface area is 127 Å². The number of carbonyl (C=O) groups excluding carboxylic acids is 1. The lowest BCUT2D eigenvalue weighted by Gasteiger charge is -2.38. The van der Waals surface area contributed by atoms with Gasteiger partial charge in [-0.3, -0.25) is 4.79 Å². The van der Waals surface area contributed by atoms with Crippen LogP contribution in [0.4, 0.5) is 0 Å². The van der Waals surface area contributed by atoms with Crippen LogP contribution in [0.25, 0.3) is 0 Å². The summed E-state index contributed by atoms with van der Waals surface area (Å²) in [5.74, 6) is 0.0429. The second-order valence-electron chi connectivity index (χ2n) is 6.02. The number of carbonyl (C=O) groups is 1. The number of rotatable bonds is 5. The molecular weight excluding hydrogens is 262 g/mol. The Hall–Kier alpha value is -1.61. The third-order valence-corrected chi connectivity index (χ3v) is 4.15. The van der Waals surface area contributed by atoms with Crippen LogP contribution in [0.2, 0.25) is 0 Å². The summed E-state index contributed by atoms with van der Waals surface area (Å²) in [6.07, 6.45) is 5.38. The van der Waals surface area contributed by atoms with Crippen molar-refractivity contribution in [2.24, 2.45) is 0 Å². The van der Waals surface area contributed by atoms with Crippen molar-refractivity contribution in [3.8, 4) is 0 Å². The molecule has 0 radical (unpaired) electrons. The minimum absolute atomic E-state index is 0.0429. The van der Waals surface area contributed by atoms with E-state index in [1.807, 2.05) is 44.2 Å². The van der Waals surface area contributed by atoms with Crippen molar-refractivity contribution in [3.63, 3.8) is 0 Å². The molecular formula is C18H25NO2. The van der Waals surface area contributed by atoms with E-state index < -0.39 is 5.60 Å². The molecule has 0 aromatic heterocycles. The van der Waals surface area contributed by atoms with Crippen molar-refractivity contribution in [3.05, 3.63) is 47.7 Å². The molecule has 2 rings (SSSR count). The van der Waals surface area contributed by atoms with Crippen LogP contribution in [0.1, 0.15) is 43.5 Å². The number of ether oxygens (including phenoxy) is 1. The molecule has 0 aliphatic carbocycles. The summed E-state index contributed by atoms with van der Waals surface area (Å²) in [7, 11) is 1.70. The monoisotopic (exact) mass is 287 g/mol. The van der Waals surface area contributed by atoms with Gasteiger partial charge in [-0.2, -0.15) is 0 Å². The molecule has 0 unspecified atom stereocenters. The first-order valence-electron chi connectivity index (χ1n) is 7.66. The fraction of sp³-hybridized carbons (Fsp3) is 0.500. The average molecular weight is 287 g/mol. The highest BCUT2D eigenvalue weighted by Crippen LogP contribution is 2.27. The molecule has 21 heavy (non-hydrogen) atoms. The standard InChI is InChI=1S/C18H25NO2/c1-18(2,21-3)17(19-12-8-5-9-13-19)14-16(20)15-10-6-4-7-11-15/h4,6-7,10-11,14H,5,8-9,12-13H2,1-3H3. The maximum atomic E-state index is 12.5. The van der Waals surface area contributed by atoms with Crippen LogP contribution in [-0.2, 0) is 4.74 Å². The Morgan fingerprint density at radius 2 is 1.76 bits per heavy atom. The van der Waals surface area contributed by atoms with Crippen molar-refractivity contribution in [1.29, 1.82) is 0 Å². The number of ketones is 1. The summed E-state index contributed by atoms with van der Waals surface area (Å²) in [6.45, 7) is 6.04. The number of methoxy groups -OCH3 is 1. The Kier molecular flexibility index (Phi) is 5.18. The van der Waals surface area contributed by atoms with Crippen LogP contribution in [0.5, 0.6) is 0 Å². The third kappa shape index (κ3) is 3.94. The number of hydrogen-bond acceptors (Lipinski definition) is 3. The van der Waals surface area contributed by atoms with E-state index in [0.717, 1.165) is 24.4 Å². The molecule has 3 heteroatoms. The predicted molar refractivity (Wildman–Crippen MR) is 85.4 cm³/mol. The summed E-state index contributed by atoms with van der Waals surface area (Å²) >= 11 is 0. The summed E-state index contributed by atoms with van der Waals surface area (Å²) in [6, 6.07) is 9.41. The molecule has 1 saturated heterocycles. The lowest BCUT2D eigenvalue weighted by molar-refractivity contribution is 0.0255. The molecule has 1 aromatic rings. The van der Waals surface area contributed by atoms with Crippen LogP contribution in [0, 0.1) is 0 Å². The number of piperidine rings is 1. The Morgan fingerprint density at radius 3 is 2.33 bits per heavy atom. The SMILES string of the molecule is COC(C)(C)C(=CC(=O)c1ccccc1)N1CCCCC1. The molecule has 1 aliphatic rings. The molecule has 0 bridgehead atoms. The lowest BCUT2D eigenvalue weighted by atomic mass is 9.97. The van der Waals surface area contributed by atoms with E-state index in [0.29, 0.717) is 0 Å². The van der Waals surface area contributed by atoms with Crippen LogP contribution in [0.3, 0.4) is 0 Å². The van der Waals surface area contributed by atoms with E-state index in [2.05, 4.69) is 4.90 Å². The maximum absolute atomic E-state index is 12.5. The summed E-state index contributed by atoms with van der Waals surface area (Å²) in [5.41, 5.74) is 1.25. The first-order chi connectivity index (χ1) is 10.0. The van der Waals surface area contributed by atoms with Gasteiger partial charge in [0.05, 0.1) is 0 Å². The zero-order valence-electron chi connectivity index (χ0n) is 13.3. The fourth-order valence-corrected chi connectivity index (χ4v) is 2.70. The molecule has 0 N–H and O–H groups in total. The van der Waals surface area contributed by atoms with Gasteiger partial charge in [0, 0.05) is 37.5 Å². The zero-order chi connectivity index (χ0) is 15.3. The van der Waals surface area contributed by atoms with Gasteiger partial charge < -0.3 is 9.64 Å². The van der Waals surface area contributed by atoms with Crippen molar-refractivity contribution < 1.29 is 9.53 Å². The van der Waals surface area contributed by atoms with E-state index in [1.165, 1.54) is 19.3 Å². The number of nitrogens with zero attached hydrogens (tertiary/aromatic N) is 1. The van der Waals surface area contributed by atoms with Gasteiger partial charge in [-0.15, -0.1) is 0 Å². The Balaban J connectivity index is 2.30. The third-order valence-electron chi connectivity index (χ3n) is 4.15. The maximum Gasteiger partial charge on any atom is 0.187 e. The van der Waals surface area contributed by atoms with Gasteiger partial charge in [0.15, 0.2) is 5.78 Å². The second kappa shape index (κ2) is 6.90. The van der Waals surface area contributed by atoms with Gasteiger partial charge >= 0.3 is 0 Å². The van der Waals surface area contributed by atoms with Gasteiger partial charge in [-0.25, -0.2) is 0 Å². The van der Waals surface area contributed by atoms with E-state index in [4.69, 9.17) is 4.74 Å². The van der Waals surface area contributed by atoms with Gasteiger partial charge in [0.2, 0.25) is 0 Å². The van der Waals surface area contributed by atoms with Crippen LogP contribution in [0.15, 0.2) is 42.1 Å². The number of likely N-dealkylation sites (tertiary alicyclic amines) is 1. The second-order valence-corrected chi connectivity index (χ2v) is 6.02. The van der Waals surface area contributed by atoms with Crippen molar-refractivity contribution in [2.75, 3.05) is 20.2 Å². The highest BCUT2D eigenvalue weighted by atomic mass is 16.5. The Bertz CT molecular complexity index is 499. The molecule has 1 aliphatic heterocycles. The fourth-order valence-electron chi connectivity index (χ4n) is 2.70. The lowest BCUT2D eigenvalue weighted by Crippen LogP contribution is -2.40. The van der Waals surface area contributed by atoms with Gasteiger partial charge in [-0.05, 0) is 33.1 Å². The van der Waals surface area contributed by atoms with Gasteiger partial charge in [0.1, 0.15) is 5.60 Å². The number of hydrogen-bond donors (Lipinski definition) is 0. The first-order valence-corrected chi connectivity index (χ1v) is 7.66. The minimum atomic E-state index is -0.457. The molecule has 0 saturated carbocycles. The van der Waals surface area contributed by atoms with Crippen LogP contribution >= 0.6 is 0 Å². The van der Waals surface area contributed by atoms with Crippen molar-refractivity contribution >= 4 is 5.78 Å². The first kappa shape index (κ1) is 15.8. The Morgan fingerprint density at radius 1 is 1.14 bits per heavy atom. The zero-order valence-corrected chi connectivity index (χ0v) is 13.3.